The Labute approximate surface area is 148 Å². The van der Waals surface area contributed by atoms with Crippen LogP contribution in [-0.4, -0.2) is 47.5 Å². The molecule has 0 atom stereocenters. The molecule has 0 aromatic heterocycles. The molecule has 134 valence electrons. The molecule has 0 amide bonds. The number of nitrogens with zero attached hydrogens (tertiary/aromatic N) is 2. The van der Waals surface area contributed by atoms with Crippen LogP contribution in [0.3, 0.4) is 0 Å². The van der Waals surface area contributed by atoms with Gasteiger partial charge >= 0.3 is 0 Å². The molecule has 0 radical (unpaired) electrons. The number of aliphatic imine (C=N–C) groups is 1. The van der Waals surface area contributed by atoms with Crippen molar-refractivity contribution in [3.8, 4) is 0 Å². The summed E-state index contributed by atoms with van der Waals surface area (Å²) in [5.41, 5.74) is 0. The van der Waals surface area contributed by atoms with E-state index in [4.69, 9.17) is 4.99 Å². The first-order valence-electron chi connectivity index (χ1n) is 10.0. The molecular weight excluding hydrogens is 302 g/mol. The molecule has 1 N–H and O–H groups in total. The van der Waals surface area contributed by atoms with E-state index in [0.29, 0.717) is 12.1 Å². The Kier molecular flexibility index (Phi) is 9.43. The minimum absolute atomic E-state index is 0.579. The van der Waals surface area contributed by atoms with Gasteiger partial charge in [-0.1, -0.05) is 64.1 Å². The van der Waals surface area contributed by atoms with Gasteiger partial charge in [0.2, 0.25) is 0 Å². The number of rotatable bonds is 7. The summed E-state index contributed by atoms with van der Waals surface area (Å²) in [6.45, 7) is 8.00. The molecule has 2 aliphatic rings. The van der Waals surface area contributed by atoms with Crippen LogP contribution in [0, 0.1) is 0 Å². The summed E-state index contributed by atoms with van der Waals surface area (Å²) >= 11 is 1.97. The van der Waals surface area contributed by atoms with Crippen LogP contribution in [-0.2, 0) is 0 Å². The fourth-order valence-corrected chi connectivity index (χ4v) is 4.74. The van der Waals surface area contributed by atoms with Crippen LogP contribution < -0.4 is 5.32 Å². The zero-order valence-electron chi connectivity index (χ0n) is 15.4. The van der Waals surface area contributed by atoms with Crippen molar-refractivity contribution >= 4 is 16.9 Å². The minimum Gasteiger partial charge on any atom is -0.362 e. The molecular formula is C19H37N3S. The molecule has 0 heterocycles. The molecule has 2 rings (SSSR count). The van der Waals surface area contributed by atoms with Gasteiger partial charge in [0.05, 0.1) is 6.04 Å². The summed E-state index contributed by atoms with van der Waals surface area (Å²) < 4.78 is 0. The first kappa shape index (κ1) is 19.1. The average Bonchev–Trinajstić information content (AvgIpc) is 2.60. The SMILES string of the molecule is CCN(CC)CCSC(=NC1CCCCC1)NC1CCCCC1. The molecule has 23 heavy (non-hydrogen) atoms. The standard InChI is InChI=1S/C19H37N3S/c1-3-22(4-2)15-16-23-19(20-17-11-7-5-8-12-17)21-18-13-9-6-10-14-18/h17-18H,3-16H2,1-2H3,(H,20,21). The predicted molar refractivity (Wildman–Crippen MR) is 105 cm³/mol. The lowest BCUT2D eigenvalue weighted by Gasteiger charge is -2.26. The maximum absolute atomic E-state index is 5.13. The smallest absolute Gasteiger partial charge is 0.157 e. The van der Waals surface area contributed by atoms with E-state index in [-0.39, 0.29) is 0 Å². The second-order valence-corrected chi connectivity index (χ2v) is 8.16. The van der Waals surface area contributed by atoms with Gasteiger partial charge in [0, 0.05) is 18.3 Å². The van der Waals surface area contributed by atoms with Gasteiger partial charge in [0.1, 0.15) is 0 Å². The molecule has 4 heteroatoms. The average molecular weight is 340 g/mol. The lowest BCUT2D eigenvalue weighted by Crippen LogP contribution is -2.36. The molecule has 0 saturated heterocycles. The van der Waals surface area contributed by atoms with Crippen LogP contribution in [0.15, 0.2) is 4.99 Å². The lowest BCUT2D eigenvalue weighted by atomic mass is 9.95. The molecule has 0 aliphatic heterocycles. The lowest BCUT2D eigenvalue weighted by molar-refractivity contribution is 0.324. The molecule has 0 unspecified atom stereocenters. The second kappa shape index (κ2) is 11.4. The Hall–Kier alpha value is -0.220. The van der Waals surface area contributed by atoms with E-state index in [9.17, 15) is 0 Å². The second-order valence-electron chi connectivity index (χ2n) is 7.08. The summed E-state index contributed by atoms with van der Waals surface area (Å²) in [7, 11) is 0. The Balaban J connectivity index is 1.85. The van der Waals surface area contributed by atoms with Crippen molar-refractivity contribution in [3.05, 3.63) is 0 Å². The Morgan fingerprint density at radius 1 is 0.957 bits per heavy atom. The third-order valence-corrected chi connectivity index (χ3v) is 6.23. The highest BCUT2D eigenvalue weighted by molar-refractivity contribution is 8.13. The highest BCUT2D eigenvalue weighted by Crippen LogP contribution is 2.23. The van der Waals surface area contributed by atoms with Crippen LogP contribution in [0.2, 0.25) is 0 Å². The predicted octanol–water partition coefficient (Wildman–Crippen LogP) is 4.67. The first-order valence-corrected chi connectivity index (χ1v) is 11.0. The maximum atomic E-state index is 5.13. The van der Waals surface area contributed by atoms with Crippen molar-refractivity contribution in [2.24, 2.45) is 4.99 Å². The Morgan fingerprint density at radius 3 is 2.17 bits per heavy atom. The van der Waals surface area contributed by atoms with Gasteiger partial charge in [-0.3, -0.25) is 4.99 Å². The van der Waals surface area contributed by atoms with Gasteiger partial charge in [-0.25, -0.2) is 0 Å². The van der Waals surface area contributed by atoms with Gasteiger partial charge in [-0.2, -0.15) is 0 Å². The molecule has 2 fully saturated rings. The van der Waals surface area contributed by atoms with E-state index < -0.39 is 0 Å². The molecule has 0 bridgehead atoms. The van der Waals surface area contributed by atoms with E-state index in [0.717, 1.165) is 18.8 Å². The van der Waals surface area contributed by atoms with Crippen LogP contribution in [0.4, 0.5) is 0 Å². The molecule has 0 spiro atoms. The Bertz CT molecular complexity index is 330. The number of hydrogen-bond acceptors (Lipinski definition) is 3. The van der Waals surface area contributed by atoms with Crippen molar-refractivity contribution in [3.63, 3.8) is 0 Å². The molecule has 0 aromatic carbocycles. The zero-order chi connectivity index (χ0) is 16.3. The van der Waals surface area contributed by atoms with E-state index in [2.05, 4.69) is 24.1 Å². The third kappa shape index (κ3) is 7.47. The highest BCUT2D eigenvalue weighted by Gasteiger charge is 2.18. The number of amidine groups is 1. The Morgan fingerprint density at radius 2 is 1.57 bits per heavy atom. The summed E-state index contributed by atoms with van der Waals surface area (Å²) in [5, 5.41) is 5.05. The quantitative estimate of drug-likeness (QED) is 0.539. The van der Waals surface area contributed by atoms with Crippen molar-refractivity contribution in [1.29, 1.82) is 0 Å². The topological polar surface area (TPSA) is 27.6 Å². The van der Waals surface area contributed by atoms with Crippen LogP contribution in [0.5, 0.6) is 0 Å². The summed E-state index contributed by atoms with van der Waals surface area (Å²) in [6, 6.07) is 1.25. The summed E-state index contributed by atoms with van der Waals surface area (Å²) in [6.07, 6.45) is 13.6. The number of thioether (sulfide) groups is 1. The zero-order valence-corrected chi connectivity index (χ0v) is 16.2. The fraction of sp³-hybridized carbons (Fsp3) is 0.947. The largest absolute Gasteiger partial charge is 0.362 e. The van der Waals surface area contributed by atoms with Crippen molar-refractivity contribution in [1.82, 2.24) is 10.2 Å². The summed E-state index contributed by atoms with van der Waals surface area (Å²) in [5.74, 6) is 1.16. The monoisotopic (exact) mass is 339 g/mol. The molecule has 2 saturated carbocycles. The van der Waals surface area contributed by atoms with Gasteiger partial charge in [0.15, 0.2) is 5.17 Å². The van der Waals surface area contributed by atoms with Crippen molar-refractivity contribution in [2.45, 2.75) is 90.1 Å². The molecule has 3 nitrogen and oxygen atoms in total. The van der Waals surface area contributed by atoms with E-state index >= 15 is 0 Å². The first-order chi connectivity index (χ1) is 11.3. The van der Waals surface area contributed by atoms with Gasteiger partial charge in [-0.05, 0) is 38.8 Å². The third-order valence-electron chi connectivity index (χ3n) is 5.35. The normalized spacial score (nSPS) is 21.8. The van der Waals surface area contributed by atoms with Gasteiger partial charge in [0.25, 0.3) is 0 Å². The van der Waals surface area contributed by atoms with E-state index in [1.165, 1.54) is 75.9 Å². The van der Waals surface area contributed by atoms with Gasteiger partial charge < -0.3 is 10.2 Å². The minimum atomic E-state index is 0.579. The number of nitrogens with one attached hydrogen (secondary N) is 1. The van der Waals surface area contributed by atoms with Gasteiger partial charge in [-0.15, -0.1) is 0 Å². The van der Waals surface area contributed by atoms with Crippen LogP contribution in [0.25, 0.3) is 0 Å². The fourth-order valence-electron chi connectivity index (χ4n) is 3.72. The van der Waals surface area contributed by atoms with Crippen molar-refractivity contribution in [2.75, 3.05) is 25.4 Å². The highest BCUT2D eigenvalue weighted by atomic mass is 32.2. The molecule has 0 aromatic rings. The maximum Gasteiger partial charge on any atom is 0.157 e. The van der Waals surface area contributed by atoms with E-state index in [1.807, 2.05) is 11.8 Å². The summed E-state index contributed by atoms with van der Waals surface area (Å²) in [4.78, 5) is 7.63. The van der Waals surface area contributed by atoms with E-state index in [1.54, 1.807) is 0 Å². The van der Waals surface area contributed by atoms with Crippen LogP contribution in [0.1, 0.15) is 78.1 Å². The van der Waals surface area contributed by atoms with Crippen molar-refractivity contribution < 1.29 is 0 Å². The van der Waals surface area contributed by atoms with Crippen LogP contribution >= 0.6 is 11.8 Å². The number of hydrogen-bond donors (Lipinski definition) is 1. The molecule has 2 aliphatic carbocycles.